The highest BCUT2D eigenvalue weighted by Gasteiger charge is 2.10. The molecule has 3 rings (SSSR count). The highest BCUT2D eigenvalue weighted by atomic mass is 32.1. The number of aromatic nitrogens is 2. The van der Waals surface area contributed by atoms with Crippen LogP contribution in [0, 0.1) is 13.8 Å². The molecular weight excluding hydrogens is 312 g/mol. The first kappa shape index (κ1) is 15.3. The summed E-state index contributed by atoms with van der Waals surface area (Å²) in [5, 5.41) is 9.59. The second-order valence-electron chi connectivity index (χ2n) is 5.16. The highest BCUT2D eigenvalue weighted by molar-refractivity contribution is 7.17. The summed E-state index contributed by atoms with van der Waals surface area (Å²) in [6.07, 6.45) is 5.28. The number of aromatic hydroxyl groups is 1. The lowest BCUT2D eigenvalue weighted by atomic mass is 10.1. The second kappa shape index (κ2) is 5.89. The van der Waals surface area contributed by atoms with E-state index in [1.807, 2.05) is 24.4 Å². The number of ketones is 1. The Morgan fingerprint density at radius 1 is 1.39 bits per heavy atom. The number of thiazole rings is 1. The zero-order valence-corrected chi connectivity index (χ0v) is 13.8. The summed E-state index contributed by atoms with van der Waals surface area (Å²) in [7, 11) is 1.45. The van der Waals surface area contributed by atoms with Crippen molar-refractivity contribution in [3.63, 3.8) is 0 Å². The predicted octanol–water partition coefficient (Wildman–Crippen LogP) is 3.62. The maximum Gasteiger partial charge on any atom is 0.194 e. The number of carbonyl (C=O) groups excluding carboxylic acids is 1. The summed E-state index contributed by atoms with van der Waals surface area (Å²) in [6.45, 7) is 3.94. The first-order valence-electron chi connectivity index (χ1n) is 7.04. The van der Waals surface area contributed by atoms with Gasteiger partial charge in [0.05, 0.1) is 18.5 Å². The molecule has 0 unspecified atom stereocenters. The van der Waals surface area contributed by atoms with Crippen molar-refractivity contribution < 1.29 is 14.6 Å². The van der Waals surface area contributed by atoms with E-state index < -0.39 is 0 Å². The first-order valence-corrected chi connectivity index (χ1v) is 7.85. The van der Waals surface area contributed by atoms with Crippen LogP contribution in [0.1, 0.15) is 26.6 Å². The average Bonchev–Trinajstić information content (AvgIpc) is 3.00. The highest BCUT2D eigenvalue weighted by Crippen LogP contribution is 2.27. The fraction of sp³-hybridized carbons (Fsp3) is 0.176. The molecule has 0 bridgehead atoms. The van der Waals surface area contributed by atoms with Crippen molar-refractivity contribution in [1.82, 2.24) is 9.38 Å². The number of phenols is 1. The Labute approximate surface area is 137 Å². The van der Waals surface area contributed by atoms with Gasteiger partial charge in [-0.05, 0) is 44.2 Å². The Hall–Kier alpha value is -2.60. The summed E-state index contributed by atoms with van der Waals surface area (Å²) >= 11 is 1.61. The molecule has 2 heterocycles. The van der Waals surface area contributed by atoms with E-state index in [1.165, 1.54) is 25.3 Å². The number of imidazole rings is 1. The van der Waals surface area contributed by atoms with Gasteiger partial charge in [-0.15, -0.1) is 11.3 Å². The van der Waals surface area contributed by atoms with Gasteiger partial charge in [0.1, 0.15) is 0 Å². The third-order valence-electron chi connectivity index (χ3n) is 3.52. The predicted molar refractivity (Wildman–Crippen MR) is 90.6 cm³/mol. The van der Waals surface area contributed by atoms with Crippen LogP contribution in [-0.4, -0.2) is 27.4 Å². The summed E-state index contributed by atoms with van der Waals surface area (Å²) in [5.74, 6) is 0.125. The smallest absolute Gasteiger partial charge is 0.194 e. The van der Waals surface area contributed by atoms with E-state index in [0.29, 0.717) is 5.56 Å². The molecule has 0 aliphatic rings. The zero-order valence-electron chi connectivity index (χ0n) is 13.0. The van der Waals surface area contributed by atoms with Crippen molar-refractivity contribution in [1.29, 1.82) is 0 Å². The van der Waals surface area contributed by atoms with E-state index in [2.05, 4.69) is 4.98 Å². The molecule has 0 aliphatic heterocycles. The molecule has 1 N–H and O–H groups in total. The minimum absolute atomic E-state index is 0.00937. The van der Waals surface area contributed by atoms with Gasteiger partial charge in [0, 0.05) is 16.6 Å². The number of ether oxygens (including phenoxy) is 1. The SMILES string of the molecule is COc1cc(C(=O)/C=C/c2c(C)nc3sc(C)cn23)ccc1O. The van der Waals surface area contributed by atoms with Gasteiger partial charge < -0.3 is 9.84 Å². The monoisotopic (exact) mass is 328 g/mol. The van der Waals surface area contributed by atoms with Crippen LogP contribution in [0.5, 0.6) is 11.5 Å². The van der Waals surface area contributed by atoms with Crippen molar-refractivity contribution in [2.24, 2.45) is 0 Å². The van der Waals surface area contributed by atoms with E-state index in [4.69, 9.17) is 4.74 Å². The minimum Gasteiger partial charge on any atom is -0.504 e. The Morgan fingerprint density at radius 2 is 2.17 bits per heavy atom. The molecule has 0 radical (unpaired) electrons. The summed E-state index contributed by atoms with van der Waals surface area (Å²) in [5.41, 5.74) is 2.22. The van der Waals surface area contributed by atoms with E-state index in [1.54, 1.807) is 23.5 Å². The molecule has 5 nitrogen and oxygen atoms in total. The van der Waals surface area contributed by atoms with E-state index in [9.17, 15) is 9.90 Å². The van der Waals surface area contributed by atoms with Crippen molar-refractivity contribution in [2.45, 2.75) is 13.8 Å². The average molecular weight is 328 g/mol. The van der Waals surface area contributed by atoms with Crippen LogP contribution in [-0.2, 0) is 0 Å². The van der Waals surface area contributed by atoms with E-state index in [0.717, 1.165) is 21.2 Å². The Morgan fingerprint density at radius 3 is 2.91 bits per heavy atom. The van der Waals surface area contributed by atoms with Gasteiger partial charge in [-0.1, -0.05) is 0 Å². The first-order chi connectivity index (χ1) is 11.0. The molecule has 3 aromatic rings. The lowest BCUT2D eigenvalue weighted by molar-refractivity contribution is 0.104. The minimum atomic E-state index is -0.162. The van der Waals surface area contributed by atoms with Crippen LogP contribution < -0.4 is 4.74 Å². The largest absolute Gasteiger partial charge is 0.504 e. The molecule has 23 heavy (non-hydrogen) atoms. The molecule has 0 amide bonds. The molecule has 0 spiro atoms. The Bertz CT molecular complexity index is 921. The van der Waals surface area contributed by atoms with Crippen molar-refractivity contribution in [3.8, 4) is 11.5 Å². The standard InChI is InChI=1S/C17H16N2O3S/c1-10-9-19-13(11(2)18-17(19)23-10)5-7-14(20)12-4-6-15(21)16(8-12)22-3/h4-9,21H,1-3H3/b7-5+. The Balaban J connectivity index is 1.92. The molecular formula is C17H16N2O3S. The lowest BCUT2D eigenvalue weighted by Crippen LogP contribution is -1.96. The third-order valence-corrected chi connectivity index (χ3v) is 4.42. The molecule has 0 aliphatic carbocycles. The Kier molecular flexibility index (Phi) is 3.92. The number of nitrogens with zero attached hydrogens (tertiary/aromatic N) is 2. The van der Waals surface area contributed by atoms with Crippen molar-refractivity contribution >= 4 is 28.2 Å². The van der Waals surface area contributed by atoms with Gasteiger partial charge in [-0.2, -0.15) is 0 Å². The van der Waals surface area contributed by atoms with Gasteiger partial charge in [0.2, 0.25) is 0 Å². The lowest BCUT2D eigenvalue weighted by Gasteiger charge is -2.04. The summed E-state index contributed by atoms with van der Waals surface area (Å²) in [6, 6.07) is 4.54. The van der Waals surface area contributed by atoms with Crippen LogP contribution in [0.3, 0.4) is 0 Å². The number of benzene rings is 1. The fourth-order valence-electron chi connectivity index (χ4n) is 2.36. The van der Waals surface area contributed by atoms with Crippen LogP contribution in [0.15, 0.2) is 30.5 Å². The normalized spacial score (nSPS) is 11.4. The third kappa shape index (κ3) is 2.85. The van der Waals surface area contributed by atoms with Crippen LogP contribution in [0.4, 0.5) is 0 Å². The molecule has 0 saturated carbocycles. The number of fused-ring (bicyclic) bond motifs is 1. The molecule has 1 aromatic carbocycles. The molecule has 118 valence electrons. The van der Waals surface area contributed by atoms with Gasteiger partial charge in [0.25, 0.3) is 0 Å². The summed E-state index contributed by atoms with van der Waals surface area (Å²) < 4.78 is 7.01. The zero-order chi connectivity index (χ0) is 16.6. The molecule has 0 saturated heterocycles. The van der Waals surface area contributed by atoms with Crippen LogP contribution in [0.25, 0.3) is 11.0 Å². The number of phenolic OH excluding ortho intramolecular Hbond substituents is 1. The number of methoxy groups -OCH3 is 1. The maximum absolute atomic E-state index is 12.3. The van der Waals surface area contributed by atoms with E-state index in [-0.39, 0.29) is 17.3 Å². The van der Waals surface area contributed by atoms with Crippen molar-refractivity contribution in [2.75, 3.05) is 7.11 Å². The maximum atomic E-state index is 12.3. The van der Waals surface area contributed by atoms with Crippen LogP contribution in [0.2, 0.25) is 0 Å². The topological polar surface area (TPSA) is 63.8 Å². The number of hydrogen-bond donors (Lipinski definition) is 1. The van der Waals surface area contributed by atoms with Crippen LogP contribution >= 0.6 is 11.3 Å². The van der Waals surface area contributed by atoms with Gasteiger partial charge in [-0.25, -0.2) is 4.98 Å². The van der Waals surface area contributed by atoms with Crippen molar-refractivity contribution in [3.05, 3.63) is 52.3 Å². The number of allylic oxidation sites excluding steroid dienone is 1. The number of rotatable bonds is 4. The molecule has 6 heteroatoms. The van der Waals surface area contributed by atoms with E-state index >= 15 is 0 Å². The quantitative estimate of drug-likeness (QED) is 0.587. The second-order valence-corrected chi connectivity index (χ2v) is 6.37. The number of hydrogen-bond acceptors (Lipinski definition) is 5. The number of carbonyl (C=O) groups is 1. The fourth-order valence-corrected chi connectivity index (χ4v) is 3.24. The molecule has 0 atom stereocenters. The van der Waals surface area contributed by atoms with Gasteiger partial charge >= 0.3 is 0 Å². The summed E-state index contributed by atoms with van der Waals surface area (Å²) in [4.78, 5) is 18.9. The number of aryl methyl sites for hydroxylation is 2. The molecule has 0 fully saturated rings. The van der Waals surface area contributed by atoms with Gasteiger partial charge in [0.15, 0.2) is 22.2 Å². The van der Waals surface area contributed by atoms with Gasteiger partial charge in [-0.3, -0.25) is 9.20 Å². The molecule has 2 aromatic heterocycles.